The van der Waals surface area contributed by atoms with Crippen LogP contribution in [0.1, 0.15) is 44.2 Å². The Balaban J connectivity index is 2.04. The zero-order valence-electron chi connectivity index (χ0n) is 11.6. The van der Waals surface area contributed by atoms with Gasteiger partial charge in [-0.3, -0.25) is 0 Å². The fourth-order valence-electron chi connectivity index (χ4n) is 2.81. The van der Waals surface area contributed by atoms with Crippen LogP contribution in [0.25, 0.3) is 0 Å². The molecule has 0 radical (unpaired) electrons. The second kappa shape index (κ2) is 5.12. The zero-order valence-corrected chi connectivity index (χ0v) is 11.6. The molecule has 0 spiro atoms. The molecule has 0 aromatic heterocycles. The van der Waals surface area contributed by atoms with E-state index in [9.17, 15) is 0 Å². The lowest BCUT2D eigenvalue weighted by Crippen LogP contribution is -2.30. The van der Waals surface area contributed by atoms with E-state index in [0.717, 1.165) is 11.8 Å². The van der Waals surface area contributed by atoms with Gasteiger partial charge in [-0.1, -0.05) is 26.0 Å². The fraction of sp³-hybridized carbons (Fsp3) is 0.625. The Morgan fingerprint density at radius 3 is 2.53 bits per heavy atom. The highest BCUT2D eigenvalue weighted by Crippen LogP contribution is 2.31. The van der Waals surface area contributed by atoms with Gasteiger partial charge in [-0.2, -0.15) is 0 Å². The van der Waals surface area contributed by atoms with Gasteiger partial charge in [-0.05, 0) is 62.1 Å². The first kappa shape index (κ1) is 12.5. The quantitative estimate of drug-likeness (QED) is 0.788. The van der Waals surface area contributed by atoms with E-state index < -0.39 is 0 Å². The number of aryl methyl sites for hydroxylation is 1. The van der Waals surface area contributed by atoms with Gasteiger partial charge in [0.15, 0.2) is 0 Å². The summed E-state index contributed by atoms with van der Waals surface area (Å²) in [7, 11) is 0. The second-order valence-electron chi connectivity index (χ2n) is 5.86. The third kappa shape index (κ3) is 2.83. The van der Waals surface area contributed by atoms with Crippen LogP contribution in [0.5, 0.6) is 0 Å². The normalized spacial score (nSPS) is 29.1. The van der Waals surface area contributed by atoms with Crippen LogP contribution < -0.4 is 5.32 Å². The van der Waals surface area contributed by atoms with E-state index in [-0.39, 0.29) is 0 Å². The van der Waals surface area contributed by atoms with Crippen molar-refractivity contribution in [2.75, 3.05) is 5.32 Å². The summed E-state index contributed by atoms with van der Waals surface area (Å²) in [4.78, 5) is 0. The van der Waals surface area contributed by atoms with Crippen LogP contribution in [0.15, 0.2) is 18.2 Å². The Kier molecular flexibility index (Phi) is 3.76. The minimum Gasteiger partial charge on any atom is -0.382 e. The fourth-order valence-corrected chi connectivity index (χ4v) is 2.81. The molecule has 1 aromatic carbocycles. The molecule has 1 aliphatic carbocycles. The largest absolute Gasteiger partial charge is 0.382 e. The smallest absolute Gasteiger partial charge is 0.0374 e. The molecule has 2 rings (SSSR count). The summed E-state index contributed by atoms with van der Waals surface area (Å²) in [5, 5.41) is 3.74. The minimum atomic E-state index is 0.668. The summed E-state index contributed by atoms with van der Waals surface area (Å²) in [6, 6.07) is 7.22. The summed E-state index contributed by atoms with van der Waals surface area (Å²) in [5.41, 5.74) is 4.11. The van der Waals surface area contributed by atoms with Gasteiger partial charge in [0.1, 0.15) is 0 Å². The average molecular weight is 231 g/mol. The van der Waals surface area contributed by atoms with Gasteiger partial charge >= 0.3 is 0 Å². The van der Waals surface area contributed by atoms with E-state index in [4.69, 9.17) is 0 Å². The summed E-state index contributed by atoms with van der Waals surface area (Å²) in [5.74, 6) is 1.75. The van der Waals surface area contributed by atoms with Crippen LogP contribution in [0.4, 0.5) is 5.69 Å². The first-order chi connectivity index (χ1) is 8.08. The first-order valence-electron chi connectivity index (χ1n) is 6.90. The van der Waals surface area contributed by atoms with Gasteiger partial charge < -0.3 is 5.32 Å². The van der Waals surface area contributed by atoms with Crippen LogP contribution in [0, 0.1) is 25.7 Å². The van der Waals surface area contributed by atoms with Crippen molar-refractivity contribution in [1.29, 1.82) is 0 Å². The maximum Gasteiger partial charge on any atom is 0.0374 e. The van der Waals surface area contributed by atoms with Crippen LogP contribution in [0.3, 0.4) is 0 Å². The molecular weight excluding hydrogens is 206 g/mol. The van der Waals surface area contributed by atoms with Gasteiger partial charge in [0.05, 0.1) is 0 Å². The second-order valence-corrected chi connectivity index (χ2v) is 5.86. The van der Waals surface area contributed by atoms with Gasteiger partial charge in [0.25, 0.3) is 0 Å². The lowest BCUT2D eigenvalue weighted by atomic mass is 9.79. The average Bonchev–Trinajstić information content (AvgIpc) is 2.30. The summed E-state index contributed by atoms with van der Waals surface area (Å²) in [6.07, 6.45) is 4.00. The summed E-state index contributed by atoms with van der Waals surface area (Å²) < 4.78 is 0. The molecule has 0 aliphatic heterocycles. The van der Waals surface area contributed by atoms with Crippen molar-refractivity contribution in [3.05, 3.63) is 29.3 Å². The van der Waals surface area contributed by atoms with E-state index in [2.05, 4.69) is 51.2 Å². The molecule has 1 saturated carbocycles. The number of hydrogen-bond acceptors (Lipinski definition) is 1. The molecule has 1 heteroatoms. The number of benzene rings is 1. The zero-order chi connectivity index (χ0) is 12.4. The molecule has 1 fully saturated rings. The standard InChI is InChI=1S/C16H25N/c1-11-8-9-15(10-13(11)3)17-16-7-5-6-12(2)14(16)4/h5-7,11,13,15,17H,8-10H2,1-4H3. The number of rotatable bonds is 2. The van der Waals surface area contributed by atoms with Gasteiger partial charge in [-0.25, -0.2) is 0 Å². The van der Waals surface area contributed by atoms with Crippen molar-refractivity contribution in [3.8, 4) is 0 Å². The number of hydrogen-bond donors (Lipinski definition) is 1. The van der Waals surface area contributed by atoms with Crippen molar-refractivity contribution >= 4 is 5.69 Å². The molecule has 3 unspecified atom stereocenters. The van der Waals surface area contributed by atoms with Crippen molar-refractivity contribution in [1.82, 2.24) is 0 Å². The Hall–Kier alpha value is -0.980. The molecule has 0 saturated heterocycles. The van der Waals surface area contributed by atoms with Gasteiger partial charge in [-0.15, -0.1) is 0 Å². The molecule has 0 heterocycles. The molecule has 1 aliphatic rings. The Bertz CT molecular complexity index is 383. The molecule has 94 valence electrons. The highest BCUT2D eigenvalue weighted by atomic mass is 14.9. The SMILES string of the molecule is Cc1cccc(NC2CCC(C)C(C)C2)c1C. The van der Waals surface area contributed by atoms with Gasteiger partial charge in [0.2, 0.25) is 0 Å². The molecule has 1 aromatic rings. The molecule has 0 amide bonds. The predicted octanol–water partition coefficient (Wildman–Crippen LogP) is 4.54. The predicted molar refractivity (Wildman–Crippen MR) is 75.5 cm³/mol. The lowest BCUT2D eigenvalue weighted by molar-refractivity contribution is 0.261. The van der Waals surface area contributed by atoms with Crippen molar-refractivity contribution in [2.45, 2.75) is 53.0 Å². The van der Waals surface area contributed by atoms with E-state index in [1.165, 1.54) is 36.1 Å². The Morgan fingerprint density at radius 2 is 1.82 bits per heavy atom. The van der Waals surface area contributed by atoms with E-state index >= 15 is 0 Å². The Labute approximate surface area is 106 Å². The van der Waals surface area contributed by atoms with E-state index in [0.29, 0.717) is 6.04 Å². The van der Waals surface area contributed by atoms with Gasteiger partial charge in [0, 0.05) is 11.7 Å². The summed E-state index contributed by atoms with van der Waals surface area (Å²) in [6.45, 7) is 9.18. The Morgan fingerprint density at radius 1 is 1.06 bits per heavy atom. The molecule has 17 heavy (non-hydrogen) atoms. The number of nitrogens with one attached hydrogen (secondary N) is 1. The van der Waals surface area contributed by atoms with Crippen LogP contribution in [-0.2, 0) is 0 Å². The lowest BCUT2D eigenvalue weighted by Gasteiger charge is -2.33. The third-order valence-corrected chi connectivity index (χ3v) is 4.56. The molecule has 3 atom stereocenters. The molecular formula is C16H25N. The third-order valence-electron chi connectivity index (χ3n) is 4.56. The van der Waals surface area contributed by atoms with Crippen LogP contribution in [0.2, 0.25) is 0 Å². The monoisotopic (exact) mass is 231 g/mol. The highest BCUT2D eigenvalue weighted by Gasteiger charge is 2.24. The highest BCUT2D eigenvalue weighted by molar-refractivity contribution is 5.54. The van der Waals surface area contributed by atoms with E-state index in [1.54, 1.807) is 0 Å². The molecule has 1 nitrogen and oxygen atoms in total. The minimum absolute atomic E-state index is 0.668. The van der Waals surface area contributed by atoms with E-state index in [1.807, 2.05) is 0 Å². The molecule has 1 N–H and O–H groups in total. The van der Waals surface area contributed by atoms with Crippen LogP contribution >= 0.6 is 0 Å². The molecule has 0 bridgehead atoms. The van der Waals surface area contributed by atoms with Crippen molar-refractivity contribution in [3.63, 3.8) is 0 Å². The topological polar surface area (TPSA) is 12.0 Å². The van der Waals surface area contributed by atoms with Crippen molar-refractivity contribution in [2.24, 2.45) is 11.8 Å². The number of anilines is 1. The summed E-state index contributed by atoms with van der Waals surface area (Å²) >= 11 is 0. The van der Waals surface area contributed by atoms with Crippen LogP contribution in [-0.4, -0.2) is 6.04 Å². The maximum absolute atomic E-state index is 3.74. The first-order valence-corrected chi connectivity index (χ1v) is 6.90. The maximum atomic E-state index is 3.74. The van der Waals surface area contributed by atoms with Crippen molar-refractivity contribution < 1.29 is 0 Å².